The summed E-state index contributed by atoms with van der Waals surface area (Å²) in [5.74, 6) is -0.0190. The van der Waals surface area contributed by atoms with Gasteiger partial charge in [0, 0.05) is 5.56 Å². The predicted octanol–water partition coefficient (Wildman–Crippen LogP) is 3.71. The Morgan fingerprint density at radius 1 is 1.04 bits per heavy atom. The minimum atomic E-state index is -0.660. The number of benzene rings is 2. The molecule has 5 nitrogen and oxygen atoms in total. The molecular weight excluding hydrogens is 328 g/mol. The number of anilines is 1. The summed E-state index contributed by atoms with van der Waals surface area (Å²) in [6, 6.07) is 12.2. The summed E-state index contributed by atoms with van der Waals surface area (Å²) in [6.45, 7) is 7.61. The average Bonchev–Trinajstić information content (AvgIpc) is 2.59. The van der Waals surface area contributed by atoms with Crippen LogP contribution in [-0.2, 0) is 4.79 Å². The Morgan fingerprint density at radius 2 is 1.73 bits per heavy atom. The summed E-state index contributed by atoms with van der Waals surface area (Å²) in [5.41, 5.74) is 3.03. The molecule has 2 amide bonds. The van der Waals surface area contributed by atoms with Crippen LogP contribution >= 0.6 is 0 Å². The summed E-state index contributed by atoms with van der Waals surface area (Å²) in [4.78, 5) is 25.4. The molecule has 0 aliphatic rings. The minimum Gasteiger partial charge on any atom is -0.495 e. The molecule has 138 valence electrons. The van der Waals surface area contributed by atoms with Crippen LogP contribution < -0.4 is 15.4 Å². The Morgan fingerprint density at radius 3 is 2.35 bits per heavy atom. The maximum Gasteiger partial charge on any atom is 0.252 e. The smallest absolute Gasteiger partial charge is 0.252 e. The first kappa shape index (κ1) is 19.5. The Kier molecular flexibility index (Phi) is 6.39. The van der Waals surface area contributed by atoms with Gasteiger partial charge in [-0.15, -0.1) is 0 Å². The SMILES string of the molecule is COc1ccc(C)cc1NC(=O)[C@@H](NC(=O)c1ccccc1C)C(C)C. The molecule has 0 saturated heterocycles. The van der Waals surface area contributed by atoms with E-state index in [0.717, 1.165) is 11.1 Å². The van der Waals surface area contributed by atoms with Gasteiger partial charge in [0.1, 0.15) is 11.8 Å². The Balaban J connectivity index is 2.19. The van der Waals surface area contributed by atoms with E-state index in [1.807, 2.05) is 58.0 Å². The van der Waals surface area contributed by atoms with E-state index in [4.69, 9.17) is 4.74 Å². The lowest BCUT2D eigenvalue weighted by atomic mass is 10.0. The molecule has 0 bridgehead atoms. The number of nitrogens with one attached hydrogen (secondary N) is 2. The average molecular weight is 354 g/mol. The molecule has 2 aromatic carbocycles. The maximum absolute atomic E-state index is 12.8. The predicted molar refractivity (Wildman–Crippen MR) is 104 cm³/mol. The molecule has 5 heteroatoms. The lowest BCUT2D eigenvalue weighted by Gasteiger charge is -2.23. The number of rotatable bonds is 6. The van der Waals surface area contributed by atoms with Gasteiger partial charge in [-0.05, 0) is 49.1 Å². The van der Waals surface area contributed by atoms with Crippen LogP contribution in [0.25, 0.3) is 0 Å². The van der Waals surface area contributed by atoms with Crippen molar-refractivity contribution in [2.75, 3.05) is 12.4 Å². The third-order valence-electron chi connectivity index (χ3n) is 4.24. The number of methoxy groups -OCH3 is 1. The first-order chi connectivity index (χ1) is 12.3. The molecule has 0 aliphatic heterocycles. The van der Waals surface area contributed by atoms with E-state index in [2.05, 4.69) is 10.6 Å². The third-order valence-corrected chi connectivity index (χ3v) is 4.24. The number of carbonyl (C=O) groups excluding carboxylic acids is 2. The van der Waals surface area contributed by atoms with E-state index in [-0.39, 0.29) is 17.7 Å². The van der Waals surface area contributed by atoms with Gasteiger partial charge in [0.25, 0.3) is 5.91 Å². The van der Waals surface area contributed by atoms with Crippen molar-refractivity contribution in [2.45, 2.75) is 33.7 Å². The monoisotopic (exact) mass is 354 g/mol. The highest BCUT2D eigenvalue weighted by Gasteiger charge is 2.26. The van der Waals surface area contributed by atoms with Crippen LogP contribution in [0.5, 0.6) is 5.75 Å². The van der Waals surface area contributed by atoms with Crippen molar-refractivity contribution in [1.82, 2.24) is 5.32 Å². The fourth-order valence-electron chi connectivity index (χ4n) is 2.71. The molecule has 0 aliphatic carbocycles. The molecule has 2 aromatic rings. The van der Waals surface area contributed by atoms with Crippen LogP contribution in [0.2, 0.25) is 0 Å². The molecule has 0 unspecified atom stereocenters. The van der Waals surface area contributed by atoms with Crippen molar-refractivity contribution in [2.24, 2.45) is 5.92 Å². The summed E-state index contributed by atoms with van der Waals surface area (Å²) < 4.78 is 5.31. The zero-order chi connectivity index (χ0) is 19.3. The first-order valence-corrected chi connectivity index (χ1v) is 8.65. The maximum atomic E-state index is 12.8. The number of aryl methyl sites for hydroxylation is 2. The van der Waals surface area contributed by atoms with Crippen LogP contribution in [0.15, 0.2) is 42.5 Å². The minimum absolute atomic E-state index is 0.0706. The summed E-state index contributed by atoms with van der Waals surface area (Å²) in [7, 11) is 1.56. The van der Waals surface area contributed by atoms with Gasteiger partial charge in [-0.3, -0.25) is 9.59 Å². The van der Waals surface area contributed by atoms with Gasteiger partial charge in [-0.25, -0.2) is 0 Å². The molecular formula is C21H26N2O3. The van der Waals surface area contributed by atoms with E-state index < -0.39 is 6.04 Å². The van der Waals surface area contributed by atoms with E-state index in [1.54, 1.807) is 19.2 Å². The van der Waals surface area contributed by atoms with Crippen LogP contribution in [0, 0.1) is 19.8 Å². The van der Waals surface area contributed by atoms with E-state index >= 15 is 0 Å². The van der Waals surface area contributed by atoms with Crippen molar-refractivity contribution in [3.63, 3.8) is 0 Å². The molecule has 0 heterocycles. The zero-order valence-electron chi connectivity index (χ0n) is 15.9. The first-order valence-electron chi connectivity index (χ1n) is 8.65. The fourth-order valence-corrected chi connectivity index (χ4v) is 2.71. The molecule has 0 fully saturated rings. The van der Waals surface area contributed by atoms with Crippen LogP contribution in [-0.4, -0.2) is 25.0 Å². The lowest BCUT2D eigenvalue weighted by molar-refractivity contribution is -0.118. The highest BCUT2D eigenvalue weighted by molar-refractivity contribution is 6.02. The number of ether oxygens (including phenoxy) is 1. The normalized spacial score (nSPS) is 11.8. The van der Waals surface area contributed by atoms with Gasteiger partial charge in [-0.2, -0.15) is 0 Å². The number of carbonyl (C=O) groups is 2. The molecule has 26 heavy (non-hydrogen) atoms. The molecule has 0 radical (unpaired) electrons. The van der Waals surface area contributed by atoms with Crippen LogP contribution in [0.3, 0.4) is 0 Å². The van der Waals surface area contributed by atoms with Gasteiger partial charge in [0.2, 0.25) is 5.91 Å². The van der Waals surface area contributed by atoms with Gasteiger partial charge >= 0.3 is 0 Å². The second-order valence-corrected chi connectivity index (χ2v) is 6.70. The lowest BCUT2D eigenvalue weighted by Crippen LogP contribution is -2.47. The number of hydrogen-bond acceptors (Lipinski definition) is 3. The highest BCUT2D eigenvalue weighted by Crippen LogP contribution is 2.25. The highest BCUT2D eigenvalue weighted by atomic mass is 16.5. The molecule has 0 spiro atoms. The van der Waals surface area contributed by atoms with Crippen molar-refractivity contribution in [3.8, 4) is 5.75 Å². The third kappa shape index (κ3) is 4.63. The summed E-state index contributed by atoms with van der Waals surface area (Å²) in [5, 5.41) is 5.73. The Labute approximate surface area is 154 Å². The summed E-state index contributed by atoms with van der Waals surface area (Å²) >= 11 is 0. The van der Waals surface area contributed by atoms with Crippen molar-refractivity contribution in [3.05, 3.63) is 59.2 Å². The molecule has 2 rings (SSSR count). The van der Waals surface area contributed by atoms with Crippen LogP contribution in [0.1, 0.15) is 35.3 Å². The van der Waals surface area contributed by atoms with Gasteiger partial charge in [0.15, 0.2) is 0 Å². The van der Waals surface area contributed by atoms with Gasteiger partial charge in [0.05, 0.1) is 12.8 Å². The van der Waals surface area contributed by atoms with E-state index in [9.17, 15) is 9.59 Å². The molecule has 0 saturated carbocycles. The van der Waals surface area contributed by atoms with Crippen molar-refractivity contribution >= 4 is 17.5 Å². The number of hydrogen-bond donors (Lipinski definition) is 2. The molecule has 2 N–H and O–H groups in total. The second-order valence-electron chi connectivity index (χ2n) is 6.70. The largest absolute Gasteiger partial charge is 0.495 e. The quantitative estimate of drug-likeness (QED) is 0.831. The summed E-state index contributed by atoms with van der Waals surface area (Å²) in [6.07, 6.45) is 0. The van der Waals surface area contributed by atoms with Crippen LogP contribution in [0.4, 0.5) is 5.69 Å². The standard InChI is InChI=1S/C21H26N2O3/c1-13(2)19(23-20(24)16-9-7-6-8-15(16)4)21(25)22-17-12-14(3)10-11-18(17)26-5/h6-13,19H,1-5H3,(H,22,25)(H,23,24)/t19-/m0/s1. The van der Waals surface area contributed by atoms with Gasteiger partial charge in [-0.1, -0.05) is 38.1 Å². The fraction of sp³-hybridized carbons (Fsp3) is 0.333. The van der Waals surface area contributed by atoms with Crippen molar-refractivity contribution < 1.29 is 14.3 Å². The number of amides is 2. The topological polar surface area (TPSA) is 67.4 Å². The van der Waals surface area contributed by atoms with Crippen molar-refractivity contribution in [1.29, 1.82) is 0 Å². The molecule has 1 atom stereocenters. The molecule has 0 aromatic heterocycles. The Hall–Kier alpha value is -2.82. The van der Waals surface area contributed by atoms with E-state index in [1.165, 1.54) is 0 Å². The zero-order valence-corrected chi connectivity index (χ0v) is 15.9. The van der Waals surface area contributed by atoms with E-state index in [0.29, 0.717) is 17.0 Å². The Bertz CT molecular complexity index is 800. The second kappa shape index (κ2) is 8.52. The van der Waals surface area contributed by atoms with Gasteiger partial charge < -0.3 is 15.4 Å².